The number of thiazole rings is 1. The maximum Gasteiger partial charge on any atom is 0.175 e. The van der Waals surface area contributed by atoms with Gasteiger partial charge in [0, 0.05) is 13.5 Å². The SMILES string of the molecule is COC1(c2nc3c(s2)C(=O)CC(C)(C)C3)CCC(C)CC1. The van der Waals surface area contributed by atoms with E-state index in [1.54, 1.807) is 18.4 Å². The van der Waals surface area contributed by atoms with Crippen LogP contribution in [0, 0.1) is 11.3 Å². The number of carbonyl (C=O) groups is 1. The van der Waals surface area contributed by atoms with Gasteiger partial charge in [0.25, 0.3) is 0 Å². The number of methoxy groups -OCH3 is 1. The first-order chi connectivity index (χ1) is 9.85. The summed E-state index contributed by atoms with van der Waals surface area (Å²) in [6, 6.07) is 0. The van der Waals surface area contributed by atoms with E-state index in [1.165, 1.54) is 12.8 Å². The van der Waals surface area contributed by atoms with Gasteiger partial charge in [0.1, 0.15) is 10.6 Å². The molecule has 2 aliphatic rings. The number of hydrogen-bond acceptors (Lipinski definition) is 4. The zero-order valence-electron chi connectivity index (χ0n) is 13.5. The lowest BCUT2D eigenvalue weighted by atomic mass is 9.78. The Balaban J connectivity index is 1.95. The van der Waals surface area contributed by atoms with Gasteiger partial charge in [-0.2, -0.15) is 0 Å². The summed E-state index contributed by atoms with van der Waals surface area (Å²) in [6.07, 6.45) is 5.94. The third-order valence-corrected chi connectivity index (χ3v) is 6.42. The van der Waals surface area contributed by atoms with Crippen LogP contribution in [0.5, 0.6) is 0 Å². The maximum absolute atomic E-state index is 12.4. The summed E-state index contributed by atoms with van der Waals surface area (Å²) in [5.74, 6) is 1.03. The molecule has 1 aromatic heterocycles. The number of hydrogen-bond donors (Lipinski definition) is 0. The van der Waals surface area contributed by atoms with Crippen molar-refractivity contribution < 1.29 is 9.53 Å². The molecule has 0 N–H and O–H groups in total. The molecule has 0 spiro atoms. The van der Waals surface area contributed by atoms with Crippen LogP contribution in [-0.4, -0.2) is 17.9 Å². The first-order valence-electron chi connectivity index (χ1n) is 7.94. The molecule has 0 unspecified atom stereocenters. The lowest BCUT2D eigenvalue weighted by molar-refractivity contribution is -0.0532. The predicted octanol–water partition coefficient (Wildman–Crippen LogP) is 4.35. The van der Waals surface area contributed by atoms with Gasteiger partial charge < -0.3 is 4.74 Å². The van der Waals surface area contributed by atoms with Crippen molar-refractivity contribution in [3.63, 3.8) is 0 Å². The number of ketones is 1. The Morgan fingerprint density at radius 3 is 2.52 bits per heavy atom. The van der Waals surface area contributed by atoms with Crippen molar-refractivity contribution in [2.24, 2.45) is 11.3 Å². The van der Waals surface area contributed by atoms with E-state index >= 15 is 0 Å². The Morgan fingerprint density at radius 1 is 1.24 bits per heavy atom. The quantitative estimate of drug-likeness (QED) is 0.815. The van der Waals surface area contributed by atoms with E-state index in [9.17, 15) is 4.79 Å². The van der Waals surface area contributed by atoms with Crippen molar-refractivity contribution in [3.05, 3.63) is 15.6 Å². The molecule has 0 aliphatic heterocycles. The van der Waals surface area contributed by atoms with Crippen LogP contribution in [0.3, 0.4) is 0 Å². The van der Waals surface area contributed by atoms with Crippen LogP contribution < -0.4 is 0 Å². The van der Waals surface area contributed by atoms with E-state index in [4.69, 9.17) is 9.72 Å². The van der Waals surface area contributed by atoms with Crippen LogP contribution in [0.4, 0.5) is 0 Å². The predicted molar refractivity (Wildman–Crippen MR) is 84.9 cm³/mol. The topological polar surface area (TPSA) is 39.2 Å². The summed E-state index contributed by atoms with van der Waals surface area (Å²) in [7, 11) is 1.79. The van der Waals surface area contributed by atoms with Crippen molar-refractivity contribution in [1.82, 2.24) is 4.98 Å². The van der Waals surface area contributed by atoms with E-state index in [2.05, 4.69) is 20.8 Å². The highest BCUT2D eigenvalue weighted by molar-refractivity contribution is 7.14. The molecule has 3 nitrogen and oxygen atoms in total. The second-order valence-electron chi connectivity index (χ2n) is 7.62. The standard InChI is InChI=1S/C17H25NO2S/c1-11-5-7-17(20-4,8-6-11)15-18-12-9-16(2,3)10-13(19)14(12)21-15/h11H,5-10H2,1-4H3. The monoisotopic (exact) mass is 307 g/mol. The van der Waals surface area contributed by atoms with Crippen LogP contribution in [0.2, 0.25) is 0 Å². The highest BCUT2D eigenvalue weighted by atomic mass is 32.1. The Bertz CT molecular complexity index is 553. The summed E-state index contributed by atoms with van der Waals surface area (Å²) < 4.78 is 5.91. The average Bonchev–Trinajstić information content (AvgIpc) is 2.83. The fourth-order valence-corrected chi connectivity index (χ4v) is 4.89. The molecule has 0 amide bonds. The minimum atomic E-state index is -0.251. The van der Waals surface area contributed by atoms with Gasteiger partial charge in [-0.1, -0.05) is 20.8 Å². The number of carbonyl (C=O) groups excluding carboxylic acids is 1. The molecule has 0 aromatic carbocycles. The summed E-state index contributed by atoms with van der Waals surface area (Å²) in [4.78, 5) is 18.1. The van der Waals surface area contributed by atoms with Crippen LogP contribution in [-0.2, 0) is 16.8 Å². The molecule has 0 atom stereocenters. The average molecular weight is 307 g/mol. The Morgan fingerprint density at radius 2 is 1.90 bits per heavy atom. The van der Waals surface area contributed by atoms with Crippen molar-refractivity contribution in [2.45, 2.75) is 64.9 Å². The number of Topliss-reactive ketones (excluding diaryl/α,β-unsaturated/α-hetero) is 1. The number of ether oxygens (including phenoxy) is 1. The van der Waals surface area contributed by atoms with Gasteiger partial charge in [-0.15, -0.1) is 11.3 Å². The zero-order chi connectivity index (χ0) is 15.3. The number of rotatable bonds is 2. The highest BCUT2D eigenvalue weighted by Crippen LogP contribution is 2.46. The first-order valence-corrected chi connectivity index (χ1v) is 8.75. The summed E-state index contributed by atoms with van der Waals surface area (Å²) in [5, 5.41) is 1.04. The van der Waals surface area contributed by atoms with Crippen LogP contribution in [0.25, 0.3) is 0 Å². The third kappa shape index (κ3) is 2.68. The van der Waals surface area contributed by atoms with Gasteiger partial charge in [-0.25, -0.2) is 4.98 Å². The highest BCUT2D eigenvalue weighted by Gasteiger charge is 2.42. The van der Waals surface area contributed by atoms with Gasteiger partial charge in [0.05, 0.1) is 10.6 Å². The molecule has 0 saturated heterocycles. The van der Waals surface area contributed by atoms with Crippen LogP contribution in [0.15, 0.2) is 0 Å². The molecular weight excluding hydrogens is 282 g/mol. The molecule has 1 fully saturated rings. The smallest absolute Gasteiger partial charge is 0.175 e. The number of aromatic nitrogens is 1. The summed E-state index contributed by atoms with van der Waals surface area (Å²) >= 11 is 1.59. The summed E-state index contributed by atoms with van der Waals surface area (Å²) in [5.41, 5.74) is 0.793. The maximum atomic E-state index is 12.4. The second-order valence-corrected chi connectivity index (χ2v) is 8.62. The van der Waals surface area contributed by atoms with Crippen molar-refractivity contribution in [1.29, 1.82) is 0 Å². The van der Waals surface area contributed by atoms with Crippen molar-refractivity contribution >= 4 is 17.1 Å². The molecule has 2 aliphatic carbocycles. The molecule has 116 valence electrons. The molecule has 4 heteroatoms. The van der Waals surface area contributed by atoms with Gasteiger partial charge >= 0.3 is 0 Å². The van der Waals surface area contributed by atoms with Gasteiger partial charge in [-0.05, 0) is 43.4 Å². The van der Waals surface area contributed by atoms with Crippen molar-refractivity contribution in [2.75, 3.05) is 7.11 Å². The molecular formula is C17H25NO2S. The fraction of sp³-hybridized carbons (Fsp3) is 0.765. The number of fused-ring (bicyclic) bond motifs is 1. The van der Waals surface area contributed by atoms with E-state index in [-0.39, 0.29) is 16.8 Å². The zero-order valence-corrected chi connectivity index (χ0v) is 14.3. The van der Waals surface area contributed by atoms with Crippen LogP contribution in [0.1, 0.15) is 73.2 Å². The first kappa shape index (κ1) is 15.2. The largest absolute Gasteiger partial charge is 0.371 e. The van der Waals surface area contributed by atoms with Gasteiger partial charge in [0.2, 0.25) is 0 Å². The number of nitrogens with zero attached hydrogens (tertiary/aromatic N) is 1. The Hall–Kier alpha value is -0.740. The summed E-state index contributed by atoms with van der Waals surface area (Å²) in [6.45, 7) is 6.61. The minimum absolute atomic E-state index is 0.0384. The molecule has 3 rings (SSSR count). The molecule has 0 bridgehead atoms. The van der Waals surface area contributed by atoms with Gasteiger partial charge in [-0.3, -0.25) is 4.79 Å². The van der Waals surface area contributed by atoms with E-state index in [1.807, 2.05) is 0 Å². The van der Waals surface area contributed by atoms with E-state index < -0.39 is 0 Å². The second kappa shape index (κ2) is 5.17. The molecule has 0 radical (unpaired) electrons. The fourth-order valence-electron chi connectivity index (χ4n) is 3.65. The lowest BCUT2D eigenvalue weighted by Gasteiger charge is -2.36. The normalized spacial score (nSPS) is 32.0. The molecule has 1 aromatic rings. The Kier molecular flexibility index (Phi) is 3.73. The minimum Gasteiger partial charge on any atom is -0.371 e. The lowest BCUT2D eigenvalue weighted by Crippen LogP contribution is -2.33. The third-order valence-electron chi connectivity index (χ3n) is 5.10. The molecule has 1 saturated carbocycles. The van der Waals surface area contributed by atoms with Crippen LogP contribution >= 0.6 is 11.3 Å². The van der Waals surface area contributed by atoms with E-state index in [0.717, 1.165) is 40.8 Å². The van der Waals surface area contributed by atoms with E-state index in [0.29, 0.717) is 6.42 Å². The molecule has 21 heavy (non-hydrogen) atoms. The van der Waals surface area contributed by atoms with Crippen molar-refractivity contribution in [3.8, 4) is 0 Å². The van der Waals surface area contributed by atoms with Gasteiger partial charge in [0.15, 0.2) is 5.78 Å². The Labute approximate surface area is 131 Å². The molecule has 1 heterocycles.